The number of aryl methyl sites for hydroxylation is 1. The van der Waals surface area contributed by atoms with Crippen molar-refractivity contribution in [3.63, 3.8) is 0 Å². The molecule has 4 rings (SSSR count). The van der Waals surface area contributed by atoms with E-state index in [1.807, 2.05) is 31.2 Å². The average Bonchev–Trinajstić information content (AvgIpc) is 3.35. The molecule has 0 bridgehead atoms. The van der Waals surface area contributed by atoms with E-state index in [1.165, 1.54) is 0 Å². The first-order chi connectivity index (χ1) is 14.0. The second kappa shape index (κ2) is 7.75. The third kappa shape index (κ3) is 3.96. The van der Waals surface area contributed by atoms with Crippen LogP contribution in [0.3, 0.4) is 0 Å². The van der Waals surface area contributed by atoms with Crippen LogP contribution < -0.4 is 15.0 Å². The summed E-state index contributed by atoms with van der Waals surface area (Å²) in [6.07, 6.45) is 0.263. The number of nitrogens with zero attached hydrogens (tertiary/aromatic N) is 3. The summed E-state index contributed by atoms with van der Waals surface area (Å²) < 4.78 is 10.7. The van der Waals surface area contributed by atoms with Gasteiger partial charge in [0.05, 0.1) is 13.0 Å². The van der Waals surface area contributed by atoms with Gasteiger partial charge >= 0.3 is 6.01 Å². The van der Waals surface area contributed by atoms with Crippen molar-refractivity contribution in [2.24, 2.45) is 0 Å². The SMILES string of the molecule is COc1ccc(N2C[C@H](c3nnc(NC(=O)c4ccc(C)cc4)o3)CC2=O)cc1. The van der Waals surface area contributed by atoms with E-state index in [2.05, 4.69) is 15.5 Å². The highest BCUT2D eigenvalue weighted by Gasteiger charge is 2.35. The molecule has 1 aliphatic rings. The van der Waals surface area contributed by atoms with E-state index < -0.39 is 0 Å². The van der Waals surface area contributed by atoms with Crippen LogP contribution in [0.4, 0.5) is 11.7 Å². The molecule has 8 nitrogen and oxygen atoms in total. The Labute approximate surface area is 167 Å². The predicted octanol–water partition coefficient (Wildman–Crippen LogP) is 3.16. The molecule has 148 valence electrons. The van der Waals surface area contributed by atoms with Crippen LogP contribution >= 0.6 is 0 Å². The number of ether oxygens (including phenoxy) is 1. The summed E-state index contributed by atoms with van der Waals surface area (Å²) in [5, 5.41) is 10.5. The Morgan fingerprint density at radius 3 is 2.55 bits per heavy atom. The fourth-order valence-corrected chi connectivity index (χ4v) is 3.21. The van der Waals surface area contributed by atoms with Gasteiger partial charge in [0.15, 0.2) is 0 Å². The third-order valence-electron chi connectivity index (χ3n) is 4.83. The van der Waals surface area contributed by atoms with Crippen molar-refractivity contribution in [1.82, 2.24) is 10.2 Å². The van der Waals surface area contributed by atoms with Gasteiger partial charge in [-0.15, -0.1) is 5.10 Å². The van der Waals surface area contributed by atoms with Crippen molar-refractivity contribution in [2.75, 3.05) is 23.9 Å². The van der Waals surface area contributed by atoms with Crippen LogP contribution in [0.2, 0.25) is 0 Å². The number of amides is 2. The minimum Gasteiger partial charge on any atom is -0.497 e. The molecule has 29 heavy (non-hydrogen) atoms. The molecule has 3 aromatic rings. The summed E-state index contributed by atoms with van der Waals surface area (Å²) in [6.45, 7) is 2.38. The Morgan fingerprint density at radius 1 is 1.14 bits per heavy atom. The minimum absolute atomic E-state index is 0.0147. The molecule has 0 aliphatic carbocycles. The van der Waals surface area contributed by atoms with E-state index in [-0.39, 0.29) is 30.2 Å². The van der Waals surface area contributed by atoms with Crippen LogP contribution in [0.25, 0.3) is 0 Å². The Bertz CT molecular complexity index is 1030. The standard InChI is InChI=1S/C21H20N4O4/c1-13-3-5-14(6-4-13)19(27)22-21-24-23-20(29-21)15-11-18(26)25(12-15)16-7-9-17(28-2)10-8-16/h3-10,15H,11-12H2,1-2H3,(H,22,24,27)/t15-/m1/s1. The molecule has 2 heterocycles. The number of nitrogens with one attached hydrogen (secondary N) is 1. The number of hydrogen-bond donors (Lipinski definition) is 1. The molecule has 1 fully saturated rings. The minimum atomic E-state index is -0.331. The average molecular weight is 392 g/mol. The first kappa shape index (κ1) is 18.7. The van der Waals surface area contributed by atoms with Crippen LogP contribution in [0, 0.1) is 6.92 Å². The molecule has 1 saturated heterocycles. The highest BCUT2D eigenvalue weighted by molar-refractivity contribution is 6.03. The number of rotatable bonds is 5. The number of carbonyl (C=O) groups is 2. The Balaban J connectivity index is 1.43. The first-order valence-corrected chi connectivity index (χ1v) is 9.19. The molecule has 1 aliphatic heterocycles. The van der Waals surface area contributed by atoms with Gasteiger partial charge in [-0.3, -0.25) is 14.9 Å². The second-order valence-corrected chi connectivity index (χ2v) is 6.87. The van der Waals surface area contributed by atoms with Gasteiger partial charge in [-0.1, -0.05) is 22.8 Å². The summed E-state index contributed by atoms with van der Waals surface area (Å²) in [5.41, 5.74) is 2.34. The van der Waals surface area contributed by atoms with Gasteiger partial charge in [-0.05, 0) is 43.3 Å². The summed E-state index contributed by atoms with van der Waals surface area (Å²) in [5.74, 6) is 0.463. The predicted molar refractivity (Wildman–Crippen MR) is 106 cm³/mol. The van der Waals surface area contributed by atoms with Gasteiger partial charge in [-0.25, -0.2) is 0 Å². The van der Waals surface area contributed by atoms with E-state index in [4.69, 9.17) is 9.15 Å². The molecular weight excluding hydrogens is 372 g/mol. The smallest absolute Gasteiger partial charge is 0.322 e. The monoisotopic (exact) mass is 392 g/mol. The zero-order valence-corrected chi connectivity index (χ0v) is 16.1. The number of carbonyl (C=O) groups excluding carboxylic acids is 2. The van der Waals surface area contributed by atoms with E-state index >= 15 is 0 Å². The van der Waals surface area contributed by atoms with Crippen molar-refractivity contribution < 1.29 is 18.7 Å². The second-order valence-electron chi connectivity index (χ2n) is 6.87. The third-order valence-corrected chi connectivity index (χ3v) is 4.83. The topological polar surface area (TPSA) is 97.6 Å². The fourth-order valence-electron chi connectivity index (χ4n) is 3.21. The van der Waals surface area contributed by atoms with Gasteiger partial charge in [-0.2, -0.15) is 0 Å². The van der Waals surface area contributed by atoms with E-state index in [9.17, 15) is 9.59 Å². The highest BCUT2D eigenvalue weighted by atomic mass is 16.5. The first-order valence-electron chi connectivity index (χ1n) is 9.19. The van der Waals surface area contributed by atoms with Crippen molar-refractivity contribution in [3.05, 3.63) is 65.5 Å². The molecule has 0 unspecified atom stereocenters. The van der Waals surface area contributed by atoms with Gasteiger partial charge in [0, 0.05) is 24.2 Å². The van der Waals surface area contributed by atoms with Gasteiger partial charge in [0.2, 0.25) is 11.8 Å². The van der Waals surface area contributed by atoms with Crippen LogP contribution in [-0.2, 0) is 4.79 Å². The molecule has 2 aromatic carbocycles. The quantitative estimate of drug-likeness (QED) is 0.716. The van der Waals surface area contributed by atoms with Crippen molar-refractivity contribution in [3.8, 4) is 5.75 Å². The van der Waals surface area contributed by atoms with E-state index in [0.717, 1.165) is 17.0 Å². The van der Waals surface area contributed by atoms with Crippen LogP contribution in [0.1, 0.15) is 34.2 Å². The van der Waals surface area contributed by atoms with E-state index in [0.29, 0.717) is 18.0 Å². The van der Waals surface area contributed by atoms with Gasteiger partial charge in [0.1, 0.15) is 5.75 Å². The lowest BCUT2D eigenvalue weighted by Crippen LogP contribution is -2.24. The van der Waals surface area contributed by atoms with Gasteiger partial charge in [0.25, 0.3) is 5.91 Å². The summed E-state index contributed by atoms with van der Waals surface area (Å²) in [4.78, 5) is 26.4. The lowest BCUT2D eigenvalue weighted by molar-refractivity contribution is -0.117. The highest BCUT2D eigenvalue weighted by Crippen LogP contribution is 2.32. The molecule has 0 saturated carbocycles. The summed E-state index contributed by atoms with van der Waals surface area (Å²) >= 11 is 0. The number of methoxy groups -OCH3 is 1. The Morgan fingerprint density at radius 2 is 1.86 bits per heavy atom. The number of hydrogen-bond acceptors (Lipinski definition) is 6. The number of anilines is 2. The molecule has 0 radical (unpaired) electrons. The van der Waals surface area contributed by atoms with Crippen LogP contribution in [-0.4, -0.2) is 35.7 Å². The lowest BCUT2D eigenvalue weighted by Gasteiger charge is -2.16. The summed E-state index contributed by atoms with van der Waals surface area (Å²) in [7, 11) is 1.59. The zero-order valence-electron chi connectivity index (χ0n) is 16.1. The van der Waals surface area contributed by atoms with Crippen LogP contribution in [0.5, 0.6) is 5.75 Å². The number of benzene rings is 2. The van der Waals surface area contributed by atoms with Crippen molar-refractivity contribution >= 4 is 23.5 Å². The molecule has 2 amide bonds. The molecule has 1 atom stereocenters. The normalized spacial score (nSPS) is 16.1. The summed E-state index contributed by atoms with van der Waals surface area (Å²) in [6, 6.07) is 14.5. The van der Waals surface area contributed by atoms with Crippen molar-refractivity contribution in [2.45, 2.75) is 19.3 Å². The molecule has 0 spiro atoms. The fraction of sp³-hybridized carbons (Fsp3) is 0.238. The lowest BCUT2D eigenvalue weighted by atomic mass is 10.1. The van der Waals surface area contributed by atoms with Gasteiger partial charge < -0.3 is 14.1 Å². The maximum absolute atomic E-state index is 12.4. The molecule has 1 N–H and O–H groups in total. The Kier molecular flexibility index (Phi) is 4.99. The molecule has 1 aromatic heterocycles. The van der Waals surface area contributed by atoms with E-state index in [1.54, 1.807) is 36.3 Å². The maximum Gasteiger partial charge on any atom is 0.322 e. The number of aromatic nitrogens is 2. The molecular formula is C21H20N4O4. The Hall–Kier alpha value is -3.68. The van der Waals surface area contributed by atoms with Crippen molar-refractivity contribution in [1.29, 1.82) is 0 Å². The largest absolute Gasteiger partial charge is 0.497 e. The zero-order chi connectivity index (χ0) is 20.4. The van der Waals surface area contributed by atoms with Crippen LogP contribution in [0.15, 0.2) is 52.9 Å². The maximum atomic E-state index is 12.4. The molecule has 8 heteroatoms.